The first-order chi connectivity index (χ1) is 6.56. The summed E-state index contributed by atoms with van der Waals surface area (Å²) in [5.41, 5.74) is 0. The zero-order chi connectivity index (χ0) is 10.7. The lowest BCUT2D eigenvalue weighted by Crippen LogP contribution is -2.47. The van der Waals surface area contributed by atoms with Gasteiger partial charge in [0.15, 0.2) is 0 Å². The standard InChI is InChI=1S/C9H15NO4/c1-6-3-4-7(8(11)12)5-10(6)9(13)14-2/h6-7H,3-5H2,1-2H3,(H,11,12). The molecule has 14 heavy (non-hydrogen) atoms. The SMILES string of the molecule is COC(=O)N1CC(C(=O)O)CCC1C. The molecule has 5 heteroatoms. The Balaban J connectivity index is 2.64. The average Bonchev–Trinajstić information content (AvgIpc) is 2.17. The second-order valence-corrected chi connectivity index (χ2v) is 3.58. The summed E-state index contributed by atoms with van der Waals surface area (Å²) in [5.74, 6) is -1.30. The van der Waals surface area contributed by atoms with Crippen molar-refractivity contribution in [2.45, 2.75) is 25.8 Å². The molecule has 0 aromatic heterocycles. The van der Waals surface area contributed by atoms with E-state index in [4.69, 9.17) is 5.11 Å². The number of aliphatic carboxylic acids is 1. The Morgan fingerprint density at radius 1 is 1.43 bits per heavy atom. The van der Waals surface area contributed by atoms with Crippen molar-refractivity contribution in [3.8, 4) is 0 Å². The number of carboxylic acid groups (broad SMARTS) is 1. The molecule has 0 radical (unpaired) electrons. The fraction of sp³-hybridized carbons (Fsp3) is 0.778. The summed E-state index contributed by atoms with van der Waals surface area (Å²) in [6.07, 6.45) is 0.902. The van der Waals surface area contributed by atoms with Crippen LogP contribution in [0, 0.1) is 5.92 Å². The molecule has 2 unspecified atom stereocenters. The molecule has 1 N–H and O–H groups in total. The van der Waals surface area contributed by atoms with Gasteiger partial charge in [-0.1, -0.05) is 0 Å². The van der Waals surface area contributed by atoms with E-state index in [0.29, 0.717) is 12.8 Å². The quantitative estimate of drug-likeness (QED) is 0.685. The largest absolute Gasteiger partial charge is 0.481 e. The van der Waals surface area contributed by atoms with Crippen LogP contribution in [0.3, 0.4) is 0 Å². The van der Waals surface area contributed by atoms with E-state index in [1.807, 2.05) is 6.92 Å². The number of piperidine rings is 1. The van der Waals surface area contributed by atoms with Crippen LogP contribution in [0.15, 0.2) is 0 Å². The third kappa shape index (κ3) is 2.16. The molecule has 0 spiro atoms. The highest BCUT2D eigenvalue weighted by molar-refractivity contribution is 5.73. The van der Waals surface area contributed by atoms with Gasteiger partial charge in [0.1, 0.15) is 0 Å². The van der Waals surface area contributed by atoms with Crippen molar-refractivity contribution in [3.63, 3.8) is 0 Å². The van der Waals surface area contributed by atoms with Crippen LogP contribution in [0.25, 0.3) is 0 Å². The molecular formula is C9H15NO4. The molecule has 80 valence electrons. The Kier molecular flexibility index (Phi) is 3.33. The Morgan fingerprint density at radius 2 is 2.07 bits per heavy atom. The molecule has 1 aliphatic heterocycles. The Morgan fingerprint density at radius 3 is 2.57 bits per heavy atom. The van der Waals surface area contributed by atoms with E-state index in [2.05, 4.69) is 4.74 Å². The van der Waals surface area contributed by atoms with Gasteiger partial charge in [-0.05, 0) is 19.8 Å². The van der Waals surface area contributed by atoms with Gasteiger partial charge < -0.3 is 14.7 Å². The lowest BCUT2D eigenvalue weighted by molar-refractivity contribution is -0.143. The smallest absolute Gasteiger partial charge is 0.409 e. The minimum absolute atomic E-state index is 0.0676. The highest BCUT2D eigenvalue weighted by Gasteiger charge is 2.32. The minimum atomic E-state index is -0.842. The Hall–Kier alpha value is -1.26. The van der Waals surface area contributed by atoms with Crippen molar-refractivity contribution in [1.29, 1.82) is 0 Å². The van der Waals surface area contributed by atoms with Crippen LogP contribution in [-0.4, -0.2) is 41.8 Å². The zero-order valence-corrected chi connectivity index (χ0v) is 8.40. The van der Waals surface area contributed by atoms with Crippen molar-refractivity contribution < 1.29 is 19.4 Å². The van der Waals surface area contributed by atoms with E-state index >= 15 is 0 Å². The fourth-order valence-electron chi connectivity index (χ4n) is 1.68. The third-order valence-electron chi connectivity index (χ3n) is 2.64. The number of rotatable bonds is 1. The number of amides is 1. The van der Waals surface area contributed by atoms with E-state index in [9.17, 15) is 9.59 Å². The van der Waals surface area contributed by atoms with E-state index in [1.54, 1.807) is 0 Å². The molecule has 2 atom stereocenters. The molecular weight excluding hydrogens is 186 g/mol. The Bertz CT molecular complexity index is 241. The second kappa shape index (κ2) is 4.30. The number of likely N-dealkylation sites (tertiary alicyclic amines) is 1. The van der Waals surface area contributed by atoms with Gasteiger partial charge in [-0.2, -0.15) is 0 Å². The van der Waals surface area contributed by atoms with Crippen LogP contribution >= 0.6 is 0 Å². The summed E-state index contributed by atoms with van der Waals surface area (Å²) in [5, 5.41) is 8.82. The van der Waals surface area contributed by atoms with Gasteiger partial charge in [0.25, 0.3) is 0 Å². The average molecular weight is 201 g/mol. The third-order valence-corrected chi connectivity index (χ3v) is 2.64. The maximum absolute atomic E-state index is 11.3. The second-order valence-electron chi connectivity index (χ2n) is 3.58. The topological polar surface area (TPSA) is 66.8 Å². The fourth-order valence-corrected chi connectivity index (χ4v) is 1.68. The van der Waals surface area contributed by atoms with Crippen molar-refractivity contribution in [2.24, 2.45) is 5.92 Å². The predicted octanol–water partition coefficient (Wildman–Crippen LogP) is 0.938. The normalized spacial score (nSPS) is 27.1. The lowest BCUT2D eigenvalue weighted by atomic mass is 9.94. The highest BCUT2D eigenvalue weighted by atomic mass is 16.5. The number of nitrogens with zero attached hydrogens (tertiary/aromatic N) is 1. The Labute approximate surface area is 82.6 Å². The van der Waals surface area contributed by atoms with E-state index in [-0.39, 0.29) is 12.6 Å². The van der Waals surface area contributed by atoms with Gasteiger partial charge in [0.05, 0.1) is 13.0 Å². The van der Waals surface area contributed by atoms with Gasteiger partial charge in [-0.15, -0.1) is 0 Å². The van der Waals surface area contributed by atoms with Crippen LogP contribution in [0.1, 0.15) is 19.8 Å². The van der Waals surface area contributed by atoms with Crippen molar-refractivity contribution in [2.75, 3.05) is 13.7 Å². The van der Waals surface area contributed by atoms with Crippen LogP contribution < -0.4 is 0 Å². The molecule has 1 aliphatic rings. The van der Waals surface area contributed by atoms with Gasteiger partial charge in [0.2, 0.25) is 0 Å². The maximum Gasteiger partial charge on any atom is 0.409 e. The maximum atomic E-state index is 11.3. The van der Waals surface area contributed by atoms with Crippen molar-refractivity contribution in [3.05, 3.63) is 0 Å². The summed E-state index contributed by atoms with van der Waals surface area (Å²) in [6, 6.07) is 0.0676. The number of carbonyl (C=O) groups is 2. The number of hydrogen-bond donors (Lipinski definition) is 1. The van der Waals surface area contributed by atoms with Gasteiger partial charge in [-0.25, -0.2) is 4.79 Å². The molecule has 0 bridgehead atoms. The molecule has 0 aliphatic carbocycles. The number of ether oxygens (including phenoxy) is 1. The molecule has 1 saturated heterocycles. The predicted molar refractivity (Wildman–Crippen MR) is 48.9 cm³/mol. The number of methoxy groups -OCH3 is 1. The van der Waals surface area contributed by atoms with Gasteiger partial charge >= 0.3 is 12.1 Å². The summed E-state index contributed by atoms with van der Waals surface area (Å²) in [7, 11) is 1.30. The number of hydrogen-bond acceptors (Lipinski definition) is 3. The van der Waals surface area contributed by atoms with E-state index in [0.717, 1.165) is 0 Å². The molecule has 0 saturated carbocycles. The lowest BCUT2D eigenvalue weighted by Gasteiger charge is -2.35. The summed E-state index contributed by atoms with van der Waals surface area (Å²) < 4.78 is 4.58. The van der Waals surface area contributed by atoms with Crippen LogP contribution in [0.5, 0.6) is 0 Å². The van der Waals surface area contributed by atoms with Crippen LogP contribution in [0.4, 0.5) is 4.79 Å². The molecule has 5 nitrogen and oxygen atoms in total. The van der Waals surface area contributed by atoms with Gasteiger partial charge in [0, 0.05) is 12.6 Å². The van der Waals surface area contributed by atoms with Crippen LogP contribution in [0.2, 0.25) is 0 Å². The summed E-state index contributed by atoms with van der Waals surface area (Å²) >= 11 is 0. The summed E-state index contributed by atoms with van der Waals surface area (Å²) in [6.45, 7) is 2.15. The number of carbonyl (C=O) groups excluding carboxylic acids is 1. The number of carboxylic acids is 1. The van der Waals surface area contributed by atoms with E-state index < -0.39 is 18.0 Å². The summed E-state index contributed by atoms with van der Waals surface area (Å²) in [4.78, 5) is 23.5. The first kappa shape index (κ1) is 10.8. The first-order valence-corrected chi connectivity index (χ1v) is 4.63. The molecule has 1 heterocycles. The molecule has 1 amide bonds. The molecule has 1 rings (SSSR count). The molecule has 0 aromatic rings. The zero-order valence-electron chi connectivity index (χ0n) is 8.40. The molecule has 1 fully saturated rings. The minimum Gasteiger partial charge on any atom is -0.481 e. The van der Waals surface area contributed by atoms with Crippen molar-refractivity contribution in [1.82, 2.24) is 4.90 Å². The first-order valence-electron chi connectivity index (χ1n) is 4.63. The molecule has 0 aromatic carbocycles. The highest BCUT2D eigenvalue weighted by Crippen LogP contribution is 2.22. The van der Waals surface area contributed by atoms with Gasteiger partial charge in [-0.3, -0.25) is 4.79 Å². The van der Waals surface area contributed by atoms with Crippen LogP contribution in [-0.2, 0) is 9.53 Å². The van der Waals surface area contributed by atoms with E-state index in [1.165, 1.54) is 12.0 Å². The van der Waals surface area contributed by atoms with Crippen molar-refractivity contribution >= 4 is 12.1 Å². The monoisotopic (exact) mass is 201 g/mol.